The molecule has 1 heterocycles. The summed E-state index contributed by atoms with van der Waals surface area (Å²) in [6, 6.07) is 4.30. The van der Waals surface area contributed by atoms with E-state index in [0.29, 0.717) is 24.3 Å². The molecule has 0 radical (unpaired) electrons. The average Bonchev–Trinajstić information content (AvgIpc) is 2.61. The molecule has 1 aromatic rings. The van der Waals surface area contributed by atoms with Gasteiger partial charge in [0, 0.05) is 25.1 Å². The summed E-state index contributed by atoms with van der Waals surface area (Å²) in [5.41, 5.74) is 0.939. The Kier molecular flexibility index (Phi) is 4.51. The molecule has 1 atom stereocenters. The van der Waals surface area contributed by atoms with Gasteiger partial charge in [-0.3, -0.25) is 14.4 Å². The van der Waals surface area contributed by atoms with Crippen LogP contribution < -0.4 is 4.31 Å². The van der Waals surface area contributed by atoms with Crippen LogP contribution in [0.3, 0.4) is 0 Å². The predicted molar refractivity (Wildman–Crippen MR) is 95.1 cm³/mol. The third-order valence-electron chi connectivity index (χ3n) is 4.39. The highest BCUT2D eigenvalue weighted by atomic mass is 35.5. The molecule has 2 aliphatic rings. The second kappa shape index (κ2) is 6.34. The normalized spacial score (nSPS) is 23.0. The lowest BCUT2D eigenvalue weighted by atomic mass is 10.0. The molecule has 1 aliphatic heterocycles. The van der Waals surface area contributed by atoms with Crippen LogP contribution in [0.15, 0.2) is 42.2 Å². The molecule has 9 heteroatoms. The maximum atomic E-state index is 13.2. The molecule has 0 bridgehead atoms. The number of allylic oxidation sites excluding steroid dienone is 2. The molecule has 1 aromatic carbocycles. The third-order valence-corrected chi connectivity index (χ3v) is 7.37. The van der Waals surface area contributed by atoms with E-state index in [4.69, 9.17) is 16.3 Å². The van der Waals surface area contributed by atoms with Crippen LogP contribution in [0.2, 0.25) is 0 Å². The van der Waals surface area contributed by atoms with Crippen molar-refractivity contribution in [1.29, 1.82) is 0 Å². The van der Waals surface area contributed by atoms with Gasteiger partial charge in [-0.2, -0.15) is 0 Å². The summed E-state index contributed by atoms with van der Waals surface area (Å²) < 4.78 is 31.0. The first-order valence-corrected chi connectivity index (χ1v) is 9.52. The van der Waals surface area contributed by atoms with E-state index >= 15 is 0 Å². The van der Waals surface area contributed by atoms with Gasteiger partial charge in [0.15, 0.2) is 4.21 Å². The molecule has 0 N–H and O–H groups in total. The average molecular weight is 385 g/mol. The maximum absolute atomic E-state index is 13.2. The molecule has 134 valence electrons. The van der Waals surface area contributed by atoms with Crippen molar-refractivity contribution in [2.45, 2.75) is 23.5 Å². The fourth-order valence-electron chi connectivity index (χ4n) is 3.00. The van der Waals surface area contributed by atoms with Crippen molar-refractivity contribution in [2.24, 2.45) is 0 Å². The number of fused-ring (bicyclic) bond motifs is 1. The molecular weight excluding hydrogens is 368 g/mol. The van der Waals surface area contributed by atoms with Gasteiger partial charge in [0.05, 0.1) is 17.7 Å². The zero-order valence-electron chi connectivity index (χ0n) is 13.5. The van der Waals surface area contributed by atoms with Crippen molar-refractivity contribution < 1.29 is 18.1 Å². The Morgan fingerprint density at radius 2 is 2.16 bits per heavy atom. The number of sulfonamides is 1. The fraction of sp³-hybridized carbons (Fsp3) is 0.375. The maximum Gasteiger partial charge on any atom is 0.271 e. The molecule has 3 rings (SSSR count). The second-order valence-corrected chi connectivity index (χ2v) is 8.90. The highest BCUT2D eigenvalue weighted by molar-refractivity contribution is 7.95. The molecule has 0 spiro atoms. The minimum Gasteiger partial charge on any atom is -0.497 e. The van der Waals surface area contributed by atoms with Crippen molar-refractivity contribution in [1.82, 2.24) is 0 Å². The number of non-ortho nitro benzene ring substituents is 1. The molecule has 7 nitrogen and oxygen atoms in total. The number of nitrogens with zero attached hydrogens (tertiary/aromatic N) is 2. The van der Waals surface area contributed by atoms with E-state index in [1.54, 1.807) is 12.1 Å². The Bertz CT molecular complexity index is 881. The highest BCUT2D eigenvalue weighted by Crippen LogP contribution is 2.41. The largest absolute Gasteiger partial charge is 0.497 e. The Balaban J connectivity index is 2.03. The van der Waals surface area contributed by atoms with E-state index in [0.717, 1.165) is 5.56 Å². The van der Waals surface area contributed by atoms with Gasteiger partial charge in [-0.25, -0.2) is 8.42 Å². The topological polar surface area (TPSA) is 89.8 Å². The number of hydrogen-bond donors (Lipinski definition) is 0. The third kappa shape index (κ3) is 3.00. The van der Waals surface area contributed by atoms with Crippen molar-refractivity contribution >= 4 is 33.0 Å². The molecule has 1 unspecified atom stereocenters. The molecule has 0 fully saturated rings. The van der Waals surface area contributed by atoms with Crippen molar-refractivity contribution in [3.05, 3.63) is 57.9 Å². The van der Waals surface area contributed by atoms with Gasteiger partial charge in [0.25, 0.3) is 15.7 Å². The SMILES string of the molecule is COC1=CCC(Cl)(S(=O)(=O)N2CCCc3ccc([N+](=O)[O-])cc32)C=C1. The Morgan fingerprint density at radius 1 is 1.40 bits per heavy atom. The van der Waals surface area contributed by atoms with E-state index < -0.39 is 19.2 Å². The lowest BCUT2D eigenvalue weighted by molar-refractivity contribution is -0.384. The fourth-order valence-corrected chi connectivity index (χ4v) is 5.09. The molecule has 25 heavy (non-hydrogen) atoms. The highest BCUT2D eigenvalue weighted by Gasteiger charge is 2.46. The van der Waals surface area contributed by atoms with Gasteiger partial charge in [0.1, 0.15) is 5.76 Å². The zero-order valence-corrected chi connectivity index (χ0v) is 15.1. The van der Waals surface area contributed by atoms with Crippen LogP contribution in [0.1, 0.15) is 18.4 Å². The quantitative estimate of drug-likeness (QED) is 0.452. The Morgan fingerprint density at radius 3 is 2.76 bits per heavy atom. The van der Waals surface area contributed by atoms with Crippen LogP contribution in [0.5, 0.6) is 0 Å². The van der Waals surface area contributed by atoms with Crippen molar-refractivity contribution in [2.75, 3.05) is 18.0 Å². The second-order valence-electron chi connectivity index (χ2n) is 5.89. The monoisotopic (exact) mass is 384 g/mol. The molecule has 0 amide bonds. The number of benzene rings is 1. The van der Waals surface area contributed by atoms with E-state index in [1.807, 2.05) is 0 Å². The Labute approximate surface area is 150 Å². The van der Waals surface area contributed by atoms with Crippen molar-refractivity contribution in [3.63, 3.8) is 0 Å². The molecule has 0 aromatic heterocycles. The number of nitro groups is 1. The summed E-state index contributed by atoms with van der Waals surface area (Å²) in [4.78, 5) is 10.5. The molecule has 0 saturated heterocycles. The number of hydrogen-bond acceptors (Lipinski definition) is 5. The summed E-state index contributed by atoms with van der Waals surface area (Å²) in [5, 5.41) is 11.1. The van der Waals surface area contributed by atoms with Gasteiger partial charge in [-0.05, 0) is 36.6 Å². The van der Waals surface area contributed by atoms with Gasteiger partial charge in [0.2, 0.25) is 0 Å². The first kappa shape index (κ1) is 17.8. The van der Waals surface area contributed by atoms with E-state index in [1.165, 1.54) is 35.7 Å². The molecule has 0 saturated carbocycles. The van der Waals surface area contributed by atoms with Crippen LogP contribution in [0.25, 0.3) is 0 Å². The predicted octanol–water partition coefficient (Wildman–Crippen LogP) is 3.10. The van der Waals surface area contributed by atoms with Crippen molar-refractivity contribution in [3.8, 4) is 0 Å². The number of anilines is 1. The number of rotatable bonds is 4. The van der Waals surface area contributed by atoms with Gasteiger partial charge >= 0.3 is 0 Å². The van der Waals surface area contributed by atoms with Crippen LogP contribution >= 0.6 is 11.6 Å². The van der Waals surface area contributed by atoms with Crippen LogP contribution in [-0.4, -0.2) is 31.2 Å². The lowest BCUT2D eigenvalue weighted by Gasteiger charge is -2.36. The summed E-state index contributed by atoms with van der Waals surface area (Å²) in [5.74, 6) is 0.543. The summed E-state index contributed by atoms with van der Waals surface area (Å²) in [7, 11) is -2.49. The van der Waals surface area contributed by atoms with E-state index in [9.17, 15) is 18.5 Å². The Hall–Kier alpha value is -2.06. The van der Waals surface area contributed by atoms with Crippen LogP contribution in [0.4, 0.5) is 11.4 Å². The van der Waals surface area contributed by atoms with Crippen LogP contribution in [0, 0.1) is 10.1 Å². The molecular formula is C16H17ClN2O5S. The number of halogens is 1. The summed E-state index contributed by atoms with van der Waals surface area (Å²) in [6.45, 7) is 0.236. The smallest absolute Gasteiger partial charge is 0.271 e. The van der Waals surface area contributed by atoms with Gasteiger partial charge in [-0.15, -0.1) is 0 Å². The zero-order chi connectivity index (χ0) is 18.2. The number of alkyl halides is 1. The summed E-state index contributed by atoms with van der Waals surface area (Å²) >= 11 is 6.44. The first-order chi connectivity index (χ1) is 11.8. The van der Waals surface area contributed by atoms with Crippen LogP contribution in [-0.2, 0) is 21.2 Å². The van der Waals surface area contributed by atoms with Gasteiger partial charge < -0.3 is 4.74 Å². The minimum atomic E-state index is -3.98. The van der Waals surface area contributed by atoms with Gasteiger partial charge in [-0.1, -0.05) is 17.7 Å². The number of nitro benzene ring substituents is 1. The molecule has 1 aliphatic carbocycles. The lowest BCUT2D eigenvalue weighted by Crippen LogP contribution is -2.46. The number of ether oxygens (including phenoxy) is 1. The minimum absolute atomic E-state index is 0.0529. The standard InChI is InChI=1S/C16H17ClN2O5S/c1-24-14-6-8-16(17,9-7-14)25(22,23)18-10-2-3-12-4-5-13(19(20)21)11-15(12)18/h4-8,11H,2-3,9-10H2,1H3. The van der Waals surface area contributed by atoms with E-state index in [2.05, 4.69) is 0 Å². The first-order valence-electron chi connectivity index (χ1n) is 7.70. The summed E-state index contributed by atoms with van der Waals surface area (Å²) in [6.07, 6.45) is 5.87. The number of methoxy groups -OCH3 is 1. The number of aryl methyl sites for hydroxylation is 1. The van der Waals surface area contributed by atoms with E-state index in [-0.39, 0.29) is 18.7 Å².